The van der Waals surface area contributed by atoms with Gasteiger partial charge < -0.3 is 9.47 Å². The van der Waals surface area contributed by atoms with Crippen LogP contribution < -0.4 is 0 Å². The van der Waals surface area contributed by atoms with Crippen LogP contribution in [0.15, 0.2) is 17.9 Å². The smallest absolute Gasteiger partial charge is 0.341 e. The summed E-state index contributed by atoms with van der Waals surface area (Å²) in [5.41, 5.74) is 4.40. The minimum atomic E-state index is -0.364. The molecular weight excluding hydrogens is 264 g/mol. The predicted molar refractivity (Wildman–Crippen MR) is 86.1 cm³/mol. The molecule has 0 radical (unpaired) electrons. The largest absolute Gasteiger partial charge is 0.500 e. The van der Waals surface area contributed by atoms with Gasteiger partial charge in [0.25, 0.3) is 0 Å². The van der Waals surface area contributed by atoms with Crippen LogP contribution in [0.4, 0.5) is 0 Å². The number of ether oxygens (including phenoxy) is 2. The third-order valence-electron chi connectivity index (χ3n) is 3.43. The van der Waals surface area contributed by atoms with E-state index in [1.165, 1.54) is 12.7 Å². The van der Waals surface area contributed by atoms with Crippen LogP contribution in [-0.4, -0.2) is 20.2 Å². The van der Waals surface area contributed by atoms with Gasteiger partial charge in [-0.1, -0.05) is 38.5 Å². The van der Waals surface area contributed by atoms with E-state index in [9.17, 15) is 4.79 Å². The highest BCUT2D eigenvalue weighted by Gasteiger charge is 2.29. The van der Waals surface area contributed by atoms with Gasteiger partial charge in [0.2, 0.25) is 0 Å². The molecule has 0 atom stereocenters. The second-order valence-electron chi connectivity index (χ2n) is 6.42. The van der Waals surface area contributed by atoms with Gasteiger partial charge in [0.05, 0.1) is 14.2 Å². The number of esters is 1. The SMILES string of the molecule is COC(=O)/C(=C(/OC)C(C)(C)C)c1c(C)cc(C)cc1C. The zero-order chi connectivity index (χ0) is 16.4. The molecular formula is C18H26O3. The predicted octanol–water partition coefficient (Wildman–Crippen LogP) is 4.19. The Kier molecular flexibility index (Phi) is 5.21. The average molecular weight is 290 g/mol. The van der Waals surface area contributed by atoms with Gasteiger partial charge in [0.1, 0.15) is 11.3 Å². The monoisotopic (exact) mass is 290 g/mol. The van der Waals surface area contributed by atoms with Gasteiger partial charge in [0, 0.05) is 5.41 Å². The second kappa shape index (κ2) is 6.33. The van der Waals surface area contributed by atoms with Crippen LogP contribution in [0.3, 0.4) is 0 Å². The highest BCUT2D eigenvalue weighted by molar-refractivity contribution is 6.18. The standard InChI is InChI=1S/C18H26O3/c1-11-9-12(2)14(13(3)10-11)15(17(19)21-8)16(20-7)18(4,5)6/h9-10H,1-8H3/b16-15+. The lowest BCUT2D eigenvalue weighted by Gasteiger charge is -2.26. The Morgan fingerprint density at radius 3 is 1.76 bits per heavy atom. The lowest BCUT2D eigenvalue weighted by Crippen LogP contribution is -2.19. The van der Waals surface area contributed by atoms with Crippen LogP contribution in [0.25, 0.3) is 5.57 Å². The molecule has 3 heteroatoms. The van der Waals surface area contributed by atoms with E-state index in [2.05, 4.69) is 12.1 Å². The molecule has 3 nitrogen and oxygen atoms in total. The summed E-state index contributed by atoms with van der Waals surface area (Å²) in [7, 11) is 3.00. The summed E-state index contributed by atoms with van der Waals surface area (Å²) in [4.78, 5) is 12.4. The molecule has 0 aromatic heterocycles. The number of hydrogen-bond acceptors (Lipinski definition) is 3. The van der Waals surface area contributed by atoms with Crippen LogP contribution in [0.2, 0.25) is 0 Å². The molecule has 0 amide bonds. The van der Waals surface area contributed by atoms with Crippen molar-refractivity contribution < 1.29 is 14.3 Å². The molecule has 0 heterocycles. The number of hydrogen-bond donors (Lipinski definition) is 0. The van der Waals surface area contributed by atoms with E-state index in [-0.39, 0.29) is 11.4 Å². The Balaban J connectivity index is 3.78. The fourth-order valence-electron chi connectivity index (χ4n) is 2.77. The van der Waals surface area contributed by atoms with Gasteiger partial charge in [-0.15, -0.1) is 0 Å². The molecule has 0 saturated carbocycles. The van der Waals surface area contributed by atoms with Gasteiger partial charge in [-0.2, -0.15) is 0 Å². The molecule has 0 N–H and O–H groups in total. The van der Waals surface area contributed by atoms with Crippen molar-refractivity contribution in [3.63, 3.8) is 0 Å². The quantitative estimate of drug-likeness (QED) is 0.476. The van der Waals surface area contributed by atoms with Crippen molar-refractivity contribution in [1.29, 1.82) is 0 Å². The van der Waals surface area contributed by atoms with E-state index in [1.54, 1.807) is 7.11 Å². The molecule has 21 heavy (non-hydrogen) atoms. The van der Waals surface area contributed by atoms with Gasteiger partial charge in [0.15, 0.2) is 0 Å². The lowest BCUT2D eigenvalue weighted by atomic mass is 9.85. The third kappa shape index (κ3) is 3.66. The van der Waals surface area contributed by atoms with Crippen molar-refractivity contribution in [2.45, 2.75) is 41.5 Å². The van der Waals surface area contributed by atoms with Gasteiger partial charge in [-0.3, -0.25) is 0 Å². The zero-order valence-electron chi connectivity index (χ0n) is 14.4. The van der Waals surface area contributed by atoms with Crippen LogP contribution in [0.5, 0.6) is 0 Å². The summed E-state index contributed by atoms with van der Waals surface area (Å²) in [6.45, 7) is 12.1. The number of rotatable bonds is 3. The first kappa shape index (κ1) is 17.3. The topological polar surface area (TPSA) is 35.5 Å². The summed E-state index contributed by atoms with van der Waals surface area (Å²) >= 11 is 0. The number of carbonyl (C=O) groups is 1. The van der Waals surface area contributed by atoms with Crippen molar-refractivity contribution >= 4 is 11.5 Å². The maximum atomic E-state index is 12.4. The first-order valence-electron chi connectivity index (χ1n) is 7.08. The first-order valence-corrected chi connectivity index (χ1v) is 7.08. The maximum absolute atomic E-state index is 12.4. The van der Waals surface area contributed by atoms with Crippen LogP contribution in [0, 0.1) is 26.2 Å². The van der Waals surface area contributed by atoms with Gasteiger partial charge >= 0.3 is 5.97 Å². The maximum Gasteiger partial charge on any atom is 0.341 e. The molecule has 0 fully saturated rings. The lowest BCUT2D eigenvalue weighted by molar-refractivity contribution is -0.134. The molecule has 0 aliphatic carbocycles. The van der Waals surface area contributed by atoms with E-state index >= 15 is 0 Å². The van der Waals surface area contributed by atoms with Crippen LogP contribution >= 0.6 is 0 Å². The number of aryl methyl sites for hydroxylation is 3. The summed E-state index contributed by atoms with van der Waals surface area (Å²) in [6, 6.07) is 4.14. The molecule has 0 aliphatic rings. The van der Waals surface area contributed by atoms with E-state index in [1.807, 2.05) is 41.5 Å². The number of carbonyl (C=O) groups excluding carboxylic acids is 1. The van der Waals surface area contributed by atoms with E-state index < -0.39 is 0 Å². The van der Waals surface area contributed by atoms with Gasteiger partial charge in [-0.25, -0.2) is 4.79 Å². The van der Waals surface area contributed by atoms with E-state index in [0.717, 1.165) is 16.7 Å². The first-order chi connectivity index (χ1) is 9.63. The molecule has 1 aromatic rings. The number of methoxy groups -OCH3 is 2. The Morgan fingerprint density at radius 2 is 1.43 bits per heavy atom. The summed E-state index contributed by atoms with van der Waals surface area (Å²) in [5.74, 6) is 0.279. The molecule has 0 saturated heterocycles. The molecule has 0 bridgehead atoms. The number of benzene rings is 1. The van der Waals surface area contributed by atoms with Crippen molar-refractivity contribution in [1.82, 2.24) is 0 Å². The molecule has 1 aromatic carbocycles. The average Bonchev–Trinajstić information content (AvgIpc) is 2.34. The third-order valence-corrected chi connectivity index (χ3v) is 3.43. The Morgan fingerprint density at radius 1 is 0.952 bits per heavy atom. The van der Waals surface area contributed by atoms with Gasteiger partial charge in [-0.05, 0) is 37.5 Å². The fourth-order valence-corrected chi connectivity index (χ4v) is 2.77. The number of allylic oxidation sites excluding steroid dienone is 1. The Hall–Kier alpha value is -1.77. The van der Waals surface area contributed by atoms with Crippen LogP contribution in [0.1, 0.15) is 43.0 Å². The van der Waals surface area contributed by atoms with Crippen molar-refractivity contribution in [3.8, 4) is 0 Å². The highest BCUT2D eigenvalue weighted by atomic mass is 16.5. The summed E-state index contributed by atoms with van der Waals surface area (Å²) in [6.07, 6.45) is 0. The van der Waals surface area contributed by atoms with Crippen molar-refractivity contribution in [2.24, 2.45) is 5.41 Å². The molecule has 0 aliphatic heterocycles. The summed E-state index contributed by atoms with van der Waals surface area (Å²) in [5, 5.41) is 0. The van der Waals surface area contributed by atoms with E-state index in [0.29, 0.717) is 11.3 Å². The van der Waals surface area contributed by atoms with Crippen molar-refractivity contribution in [2.75, 3.05) is 14.2 Å². The normalized spacial score (nSPS) is 12.8. The molecule has 0 unspecified atom stereocenters. The molecule has 0 spiro atoms. The van der Waals surface area contributed by atoms with Crippen LogP contribution in [-0.2, 0) is 14.3 Å². The highest BCUT2D eigenvalue weighted by Crippen LogP contribution is 2.36. The Labute approximate surface area is 128 Å². The minimum absolute atomic E-state index is 0.290. The zero-order valence-corrected chi connectivity index (χ0v) is 14.4. The Bertz CT molecular complexity index is 552. The fraction of sp³-hybridized carbons (Fsp3) is 0.500. The second-order valence-corrected chi connectivity index (χ2v) is 6.42. The minimum Gasteiger partial charge on any atom is -0.500 e. The van der Waals surface area contributed by atoms with E-state index in [4.69, 9.17) is 9.47 Å². The summed E-state index contributed by atoms with van der Waals surface area (Å²) < 4.78 is 10.6. The molecule has 116 valence electrons. The molecule has 1 rings (SSSR count). The van der Waals surface area contributed by atoms with Crippen molar-refractivity contribution in [3.05, 3.63) is 40.1 Å².